The zero-order valence-electron chi connectivity index (χ0n) is 14.8. The lowest BCUT2D eigenvalue weighted by atomic mass is 10.2. The molecule has 0 spiro atoms. The zero-order valence-corrected chi connectivity index (χ0v) is 16.4. The van der Waals surface area contributed by atoms with Crippen LogP contribution in [0.15, 0.2) is 24.4 Å². The predicted octanol–water partition coefficient (Wildman–Crippen LogP) is 0.526. The van der Waals surface area contributed by atoms with Gasteiger partial charge in [0.05, 0.1) is 6.61 Å². The van der Waals surface area contributed by atoms with Gasteiger partial charge >= 0.3 is 0 Å². The van der Waals surface area contributed by atoms with Gasteiger partial charge in [-0.05, 0) is 19.1 Å². The quantitative estimate of drug-likeness (QED) is 0.702. The van der Waals surface area contributed by atoms with E-state index >= 15 is 0 Å². The summed E-state index contributed by atoms with van der Waals surface area (Å²) in [5.74, 6) is 0.866. The number of methoxy groups -OCH3 is 1. The molecule has 2 heterocycles. The van der Waals surface area contributed by atoms with E-state index in [0.717, 1.165) is 38.5 Å². The lowest BCUT2D eigenvalue weighted by Crippen LogP contribution is -2.53. The Hall–Kier alpha value is -1.12. The van der Waals surface area contributed by atoms with Gasteiger partial charge in [0.2, 0.25) is 5.91 Å². The van der Waals surface area contributed by atoms with Gasteiger partial charge in [0.1, 0.15) is 11.9 Å². The van der Waals surface area contributed by atoms with E-state index in [9.17, 15) is 4.79 Å². The summed E-state index contributed by atoms with van der Waals surface area (Å²) >= 11 is 0. The number of piperazine rings is 1. The van der Waals surface area contributed by atoms with E-state index in [2.05, 4.69) is 20.1 Å². The Kier molecular flexibility index (Phi) is 11.7. The van der Waals surface area contributed by atoms with E-state index in [-0.39, 0.29) is 43.4 Å². The first-order valence-electron chi connectivity index (χ1n) is 8.03. The number of rotatable bonds is 7. The molecule has 0 aromatic carbocycles. The molecule has 9 heteroatoms. The molecule has 1 fully saturated rings. The molecular formula is C16H29Cl2N5O2. The number of ether oxygens (including phenoxy) is 1. The molecule has 7 nitrogen and oxygen atoms in total. The highest BCUT2D eigenvalue weighted by Crippen LogP contribution is 2.12. The number of nitrogens with two attached hydrogens (primary N) is 1. The zero-order chi connectivity index (χ0) is 16.7. The van der Waals surface area contributed by atoms with Crippen LogP contribution in [0.4, 0.5) is 5.82 Å². The minimum atomic E-state index is -0.608. The smallest absolute Gasteiger partial charge is 0.239 e. The summed E-state index contributed by atoms with van der Waals surface area (Å²) < 4.78 is 4.90. The van der Waals surface area contributed by atoms with Crippen molar-refractivity contribution in [1.29, 1.82) is 0 Å². The SMILES string of the molecule is COCC(N)C(=O)NC(C)CN1CCN(c2ccccn2)CC1.Cl.Cl. The number of amides is 1. The molecule has 2 unspecified atom stereocenters. The Bertz CT molecular complexity index is 487. The summed E-state index contributed by atoms with van der Waals surface area (Å²) in [6.45, 7) is 6.87. The Morgan fingerprint density at radius 2 is 2.00 bits per heavy atom. The molecule has 144 valence electrons. The second-order valence-corrected chi connectivity index (χ2v) is 5.95. The van der Waals surface area contributed by atoms with Crippen molar-refractivity contribution in [2.24, 2.45) is 5.73 Å². The van der Waals surface area contributed by atoms with Crippen molar-refractivity contribution < 1.29 is 9.53 Å². The summed E-state index contributed by atoms with van der Waals surface area (Å²) in [6, 6.07) is 5.43. The second kappa shape index (κ2) is 12.3. The molecule has 2 atom stereocenters. The Labute approximate surface area is 162 Å². The van der Waals surface area contributed by atoms with Gasteiger partial charge in [-0.1, -0.05) is 6.07 Å². The van der Waals surface area contributed by atoms with Crippen LogP contribution in [-0.2, 0) is 9.53 Å². The third-order valence-electron chi connectivity index (χ3n) is 3.95. The lowest BCUT2D eigenvalue weighted by molar-refractivity contribution is -0.124. The number of pyridine rings is 1. The number of hydrogen-bond donors (Lipinski definition) is 2. The van der Waals surface area contributed by atoms with Crippen molar-refractivity contribution in [2.45, 2.75) is 19.0 Å². The Balaban J connectivity index is 0.00000288. The molecule has 0 radical (unpaired) electrons. The minimum absolute atomic E-state index is 0. The van der Waals surface area contributed by atoms with Crippen molar-refractivity contribution in [3.05, 3.63) is 24.4 Å². The molecule has 0 saturated carbocycles. The van der Waals surface area contributed by atoms with Gasteiger partial charge in [-0.3, -0.25) is 9.69 Å². The number of carbonyl (C=O) groups is 1. The predicted molar refractivity (Wildman–Crippen MR) is 105 cm³/mol. The van der Waals surface area contributed by atoms with Gasteiger partial charge in [-0.15, -0.1) is 24.8 Å². The summed E-state index contributed by atoms with van der Waals surface area (Å²) in [5, 5.41) is 2.94. The molecule has 1 amide bonds. The number of hydrogen-bond acceptors (Lipinski definition) is 6. The fourth-order valence-corrected chi connectivity index (χ4v) is 2.74. The van der Waals surface area contributed by atoms with E-state index in [1.807, 2.05) is 31.3 Å². The highest BCUT2D eigenvalue weighted by molar-refractivity contribution is 5.85. The lowest BCUT2D eigenvalue weighted by Gasteiger charge is -2.36. The Morgan fingerprint density at radius 3 is 2.56 bits per heavy atom. The fraction of sp³-hybridized carbons (Fsp3) is 0.625. The van der Waals surface area contributed by atoms with Crippen LogP contribution < -0.4 is 16.0 Å². The maximum atomic E-state index is 11.9. The van der Waals surface area contributed by atoms with Crippen LogP contribution in [0.1, 0.15) is 6.92 Å². The third kappa shape index (κ3) is 7.75. The first-order valence-corrected chi connectivity index (χ1v) is 8.03. The average Bonchev–Trinajstić information content (AvgIpc) is 2.56. The maximum absolute atomic E-state index is 11.9. The number of halogens is 2. The van der Waals surface area contributed by atoms with Crippen molar-refractivity contribution in [2.75, 3.05) is 51.3 Å². The van der Waals surface area contributed by atoms with Crippen LogP contribution in [0.5, 0.6) is 0 Å². The molecule has 1 aromatic rings. The third-order valence-corrected chi connectivity index (χ3v) is 3.95. The fourth-order valence-electron chi connectivity index (χ4n) is 2.74. The van der Waals surface area contributed by atoms with Crippen LogP contribution in [0, 0.1) is 0 Å². The first kappa shape index (κ1) is 23.9. The largest absolute Gasteiger partial charge is 0.383 e. The van der Waals surface area contributed by atoms with Gasteiger partial charge in [0.15, 0.2) is 0 Å². The topological polar surface area (TPSA) is 83.7 Å². The van der Waals surface area contributed by atoms with Crippen LogP contribution >= 0.6 is 24.8 Å². The minimum Gasteiger partial charge on any atom is -0.383 e. The summed E-state index contributed by atoms with van der Waals surface area (Å²) in [7, 11) is 1.54. The molecule has 25 heavy (non-hydrogen) atoms. The molecule has 0 bridgehead atoms. The normalized spacial score (nSPS) is 17.0. The van der Waals surface area contributed by atoms with Crippen LogP contribution in [0.25, 0.3) is 0 Å². The number of anilines is 1. The molecule has 1 aliphatic rings. The molecular weight excluding hydrogens is 365 g/mol. The number of aromatic nitrogens is 1. The first-order chi connectivity index (χ1) is 11.1. The standard InChI is InChI=1S/C16H27N5O2.2ClH/c1-13(19-16(22)14(17)12-23-2)11-20-7-9-21(10-8-20)15-5-3-4-6-18-15;;/h3-6,13-14H,7-12,17H2,1-2H3,(H,19,22);2*1H. The number of nitrogens with one attached hydrogen (secondary N) is 1. The van der Waals surface area contributed by atoms with Crippen molar-refractivity contribution >= 4 is 36.5 Å². The molecule has 1 aliphatic heterocycles. The number of carbonyl (C=O) groups excluding carboxylic acids is 1. The van der Waals surface area contributed by atoms with Crippen molar-refractivity contribution in [3.8, 4) is 0 Å². The van der Waals surface area contributed by atoms with Gasteiger partial charge in [0, 0.05) is 52.1 Å². The molecule has 0 aliphatic carbocycles. The summed E-state index contributed by atoms with van der Waals surface area (Å²) in [5.41, 5.74) is 5.73. The van der Waals surface area contributed by atoms with Crippen molar-refractivity contribution in [3.63, 3.8) is 0 Å². The van der Waals surface area contributed by atoms with Crippen LogP contribution in [-0.4, -0.2) is 74.3 Å². The van der Waals surface area contributed by atoms with Gasteiger partial charge < -0.3 is 20.7 Å². The van der Waals surface area contributed by atoms with E-state index in [1.54, 1.807) is 0 Å². The van der Waals surface area contributed by atoms with Gasteiger partial charge in [-0.25, -0.2) is 4.98 Å². The number of nitrogens with zero attached hydrogens (tertiary/aromatic N) is 3. The van der Waals surface area contributed by atoms with E-state index in [1.165, 1.54) is 7.11 Å². The molecule has 1 aromatic heterocycles. The molecule has 2 rings (SSSR count). The highest BCUT2D eigenvalue weighted by Gasteiger charge is 2.21. The Morgan fingerprint density at radius 1 is 1.32 bits per heavy atom. The second-order valence-electron chi connectivity index (χ2n) is 5.95. The molecule has 1 saturated heterocycles. The van der Waals surface area contributed by atoms with E-state index < -0.39 is 6.04 Å². The van der Waals surface area contributed by atoms with Gasteiger partial charge in [0.25, 0.3) is 0 Å². The highest BCUT2D eigenvalue weighted by atomic mass is 35.5. The van der Waals surface area contributed by atoms with Crippen LogP contribution in [0.3, 0.4) is 0 Å². The van der Waals surface area contributed by atoms with Gasteiger partial charge in [-0.2, -0.15) is 0 Å². The summed E-state index contributed by atoms with van der Waals surface area (Å²) in [4.78, 5) is 20.9. The maximum Gasteiger partial charge on any atom is 0.239 e. The molecule has 3 N–H and O–H groups in total. The van der Waals surface area contributed by atoms with E-state index in [0.29, 0.717) is 0 Å². The van der Waals surface area contributed by atoms with E-state index in [4.69, 9.17) is 10.5 Å². The monoisotopic (exact) mass is 393 g/mol. The average molecular weight is 394 g/mol. The van der Waals surface area contributed by atoms with Crippen LogP contribution in [0.2, 0.25) is 0 Å². The summed E-state index contributed by atoms with van der Waals surface area (Å²) in [6.07, 6.45) is 1.82. The van der Waals surface area contributed by atoms with Crippen molar-refractivity contribution in [1.82, 2.24) is 15.2 Å².